The van der Waals surface area contributed by atoms with E-state index >= 15 is 0 Å². The van der Waals surface area contributed by atoms with Gasteiger partial charge in [0.15, 0.2) is 0 Å². The first-order valence-electron chi connectivity index (χ1n) is 9.40. The lowest BCUT2D eigenvalue weighted by atomic mass is 10.1. The standard InChI is InChI=1S/C24H30OSi/c1-6-19-26(20(2)3,21(4)5)25-24(23-15-11-8-12-16-23)18-17-22-13-9-7-10-14-22/h6-16,20-21,24H,1,19H2,2-5H3. The van der Waals surface area contributed by atoms with Gasteiger partial charge in [-0.05, 0) is 34.8 Å². The Labute approximate surface area is 160 Å². The Morgan fingerprint density at radius 1 is 0.923 bits per heavy atom. The van der Waals surface area contributed by atoms with Crippen molar-refractivity contribution < 1.29 is 4.43 Å². The maximum Gasteiger partial charge on any atom is 0.203 e. The normalized spacial score (nSPS) is 12.5. The molecule has 0 aliphatic rings. The lowest BCUT2D eigenvalue weighted by Gasteiger charge is -2.40. The van der Waals surface area contributed by atoms with Gasteiger partial charge in [0.1, 0.15) is 6.10 Å². The van der Waals surface area contributed by atoms with Gasteiger partial charge in [-0.15, -0.1) is 6.58 Å². The summed E-state index contributed by atoms with van der Waals surface area (Å²) in [7, 11) is -2.05. The first kappa shape index (κ1) is 20.2. The summed E-state index contributed by atoms with van der Waals surface area (Å²) >= 11 is 0. The first-order valence-corrected chi connectivity index (χ1v) is 11.7. The van der Waals surface area contributed by atoms with Crippen LogP contribution in [0, 0.1) is 11.8 Å². The van der Waals surface area contributed by atoms with Gasteiger partial charge in [-0.25, -0.2) is 0 Å². The van der Waals surface area contributed by atoms with Crippen LogP contribution in [0.5, 0.6) is 0 Å². The van der Waals surface area contributed by atoms with Crippen LogP contribution in [0.4, 0.5) is 0 Å². The molecule has 2 rings (SSSR count). The van der Waals surface area contributed by atoms with Crippen LogP contribution < -0.4 is 0 Å². The molecule has 1 atom stereocenters. The van der Waals surface area contributed by atoms with E-state index in [0.717, 1.165) is 17.2 Å². The SMILES string of the molecule is C=CC[Si](OC(C#Cc1ccccc1)c1ccccc1)(C(C)C)C(C)C. The molecular formula is C24H30OSi. The Kier molecular flexibility index (Phi) is 7.45. The maximum absolute atomic E-state index is 6.90. The van der Waals surface area contributed by atoms with Crippen LogP contribution in [-0.4, -0.2) is 8.32 Å². The molecule has 136 valence electrons. The summed E-state index contributed by atoms with van der Waals surface area (Å²) in [5, 5.41) is 0. The van der Waals surface area contributed by atoms with Crippen molar-refractivity contribution in [1.29, 1.82) is 0 Å². The van der Waals surface area contributed by atoms with Gasteiger partial charge in [0.05, 0.1) is 0 Å². The Balaban J connectivity index is 2.43. The Hall–Kier alpha value is -2.08. The van der Waals surface area contributed by atoms with E-state index in [1.54, 1.807) is 0 Å². The van der Waals surface area contributed by atoms with Gasteiger partial charge in [-0.1, -0.05) is 94.1 Å². The van der Waals surface area contributed by atoms with E-state index in [1.165, 1.54) is 0 Å². The minimum Gasteiger partial charge on any atom is -0.399 e. The second-order valence-corrected chi connectivity index (χ2v) is 12.2. The molecular weight excluding hydrogens is 332 g/mol. The molecule has 2 heteroatoms. The van der Waals surface area contributed by atoms with Gasteiger partial charge in [-0.3, -0.25) is 0 Å². The summed E-state index contributed by atoms with van der Waals surface area (Å²) in [5.74, 6) is 6.71. The van der Waals surface area contributed by atoms with Crippen LogP contribution in [0.1, 0.15) is 44.9 Å². The van der Waals surface area contributed by atoms with Gasteiger partial charge >= 0.3 is 0 Å². The molecule has 26 heavy (non-hydrogen) atoms. The third-order valence-electron chi connectivity index (χ3n) is 4.98. The van der Waals surface area contributed by atoms with Crippen molar-refractivity contribution in [1.82, 2.24) is 0 Å². The summed E-state index contributed by atoms with van der Waals surface area (Å²) in [6.45, 7) is 13.1. The fraction of sp³-hybridized carbons (Fsp3) is 0.333. The molecule has 0 bridgehead atoms. The molecule has 0 aromatic heterocycles. The smallest absolute Gasteiger partial charge is 0.203 e. The molecule has 0 spiro atoms. The van der Waals surface area contributed by atoms with Gasteiger partial charge in [0, 0.05) is 5.56 Å². The molecule has 0 fully saturated rings. The number of hydrogen-bond donors (Lipinski definition) is 0. The van der Waals surface area contributed by atoms with Crippen LogP contribution in [0.25, 0.3) is 0 Å². The summed E-state index contributed by atoms with van der Waals surface area (Å²) in [4.78, 5) is 0. The number of benzene rings is 2. The summed E-state index contributed by atoms with van der Waals surface area (Å²) in [6.07, 6.45) is 1.81. The van der Waals surface area contributed by atoms with Gasteiger partial charge < -0.3 is 4.43 Å². The zero-order valence-electron chi connectivity index (χ0n) is 16.4. The highest BCUT2D eigenvalue weighted by molar-refractivity contribution is 6.76. The van der Waals surface area contributed by atoms with Crippen molar-refractivity contribution in [2.75, 3.05) is 0 Å². The minimum absolute atomic E-state index is 0.215. The van der Waals surface area contributed by atoms with Crippen LogP contribution in [0.2, 0.25) is 17.1 Å². The topological polar surface area (TPSA) is 9.23 Å². The Morgan fingerprint density at radius 3 is 1.96 bits per heavy atom. The van der Waals surface area contributed by atoms with E-state index < -0.39 is 8.32 Å². The number of hydrogen-bond acceptors (Lipinski definition) is 1. The quantitative estimate of drug-likeness (QED) is 0.301. The van der Waals surface area contributed by atoms with Crippen molar-refractivity contribution in [2.24, 2.45) is 0 Å². The molecule has 1 unspecified atom stereocenters. The Morgan fingerprint density at radius 2 is 1.46 bits per heavy atom. The zero-order chi connectivity index (χ0) is 19.0. The molecule has 2 aromatic rings. The highest BCUT2D eigenvalue weighted by Gasteiger charge is 2.42. The van der Waals surface area contributed by atoms with Crippen molar-refractivity contribution in [3.63, 3.8) is 0 Å². The average Bonchev–Trinajstić information content (AvgIpc) is 2.65. The molecule has 0 aliphatic carbocycles. The monoisotopic (exact) mass is 362 g/mol. The second kappa shape index (κ2) is 9.57. The number of rotatable bonds is 7. The third kappa shape index (κ3) is 4.97. The lowest BCUT2D eigenvalue weighted by molar-refractivity contribution is 0.236. The first-order chi connectivity index (χ1) is 12.5. The summed E-state index contributed by atoms with van der Waals surface area (Å²) in [6, 6.07) is 21.4. The molecule has 0 N–H and O–H groups in total. The van der Waals surface area contributed by atoms with E-state index in [1.807, 2.05) is 42.5 Å². The molecule has 0 saturated carbocycles. The van der Waals surface area contributed by atoms with Crippen LogP contribution in [0.15, 0.2) is 73.3 Å². The second-order valence-electron chi connectivity index (χ2n) is 7.30. The van der Waals surface area contributed by atoms with Crippen molar-refractivity contribution in [3.05, 3.63) is 84.4 Å². The predicted molar refractivity (Wildman–Crippen MR) is 115 cm³/mol. The van der Waals surface area contributed by atoms with E-state index in [0.29, 0.717) is 11.1 Å². The van der Waals surface area contributed by atoms with E-state index in [-0.39, 0.29) is 6.10 Å². The Bertz CT molecular complexity index is 730. The largest absolute Gasteiger partial charge is 0.399 e. The van der Waals surface area contributed by atoms with Gasteiger partial charge in [-0.2, -0.15) is 0 Å². The van der Waals surface area contributed by atoms with Crippen molar-refractivity contribution in [2.45, 2.75) is 50.9 Å². The molecule has 0 saturated heterocycles. The van der Waals surface area contributed by atoms with Crippen molar-refractivity contribution in [3.8, 4) is 11.8 Å². The molecule has 0 aliphatic heterocycles. The van der Waals surface area contributed by atoms with Crippen LogP contribution in [0.3, 0.4) is 0 Å². The van der Waals surface area contributed by atoms with Crippen molar-refractivity contribution >= 4 is 8.32 Å². The zero-order valence-corrected chi connectivity index (χ0v) is 17.4. The van der Waals surface area contributed by atoms with E-state index in [9.17, 15) is 0 Å². The highest BCUT2D eigenvalue weighted by atomic mass is 28.4. The van der Waals surface area contributed by atoms with Crippen LogP contribution in [-0.2, 0) is 4.43 Å². The van der Waals surface area contributed by atoms with E-state index in [4.69, 9.17) is 4.43 Å². The summed E-state index contributed by atoms with van der Waals surface area (Å²) in [5.41, 5.74) is 3.12. The fourth-order valence-electron chi connectivity index (χ4n) is 3.38. The van der Waals surface area contributed by atoms with Gasteiger partial charge in [0.2, 0.25) is 8.32 Å². The van der Waals surface area contributed by atoms with Crippen LogP contribution >= 0.6 is 0 Å². The molecule has 0 radical (unpaired) electrons. The molecule has 0 amide bonds. The minimum atomic E-state index is -2.05. The number of allylic oxidation sites excluding steroid dienone is 1. The predicted octanol–water partition coefficient (Wildman–Crippen LogP) is 6.75. The van der Waals surface area contributed by atoms with E-state index in [2.05, 4.69) is 70.4 Å². The van der Waals surface area contributed by atoms with Gasteiger partial charge in [0.25, 0.3) is 0 Å². The lowest BCUT2D eigenvalue weighted by Crippen LogP contribution is -2.45. The highest BCUT2D eigenvalue weighted by Crippen LogP contribution is 2.40. The maximum atomic E-state index is 6.90. The average molecular weight is 363 g/mol. The molecule has 2 aromatic carbocycles. The third-order valence-corrected chi connectivity index (χ3v) is 10.5. The molecule has 1 nitrogen and oxygen atoms in total. The summed E-state index contributed by atoms with van der Waals surface area (Å²) < 4.78 is 6.90. The fourth-order valence-corrected chi connectivity index (χ4v) is 7.38. The molecule has 0 heterocycles.